The summed E-state index contributed by atoms with van der Waals surface area (Å²) < 4.78 is 8.34. The molecule has 0 aromatic heterocycles. The van der Waals surface area contributed by atoms with Crippen LogP contribution in [0.25, 0.3) is 0 Å². The van der Waals surface area contributed by atoms with Gasteiger partial charge in [-0.1, -0.05) is 13.2 Å². The van der Waals surface area contributed by atoms with Gasteiger partial charge in [-0.2, -0.15) is 0 Å². The van der Waals surface area contributed by atoms with Crippen molar-refractivity contribution in [2.75, 3.05) is 0 Å². The third-order valence-electron chi connectivity index (χ3n) is 2.29. The molecule has 0 amide bonds. The number of carboxylic acids is 2. The van der Waals surface area contributed by atoms with E-state index in [2.05, 4.69) is 22.6 Å². The number of hydrogen-bond donors (Lipinski definition) is 0. The Kier molecular flexibility index (Phi) is 26.9. The van der Waals surface area contributed by atoms with Crippen LogP contribution in [0.2, 0.25) is 0 Å². The number of carbonyl (C=O) groups excluding carboxylic acids is 6. The van der Waals surface area contributed by atoms with Crippen LogP contribution < -0.4 is 69.3 Å². The van der Waals surface area contributed by atoms with E-state index in [0.717, 1.165) is 12.2 Å². The van der Waals surface area contributed by atoms with Crippen LogP contribution >= 0.6 is 0 Å². The van der Waals surface area contributed by atoms with E-state index in [0.29, 0.717) is 0 Å². The number of ether oxygens (including phenoxy) is 2. The van der Waals surface area contributed by atoms with Crippen molar-refractivity contribution in [1.29, 1.82) is 0 Å². The fourth-order valence-electron chi connectivity index (χ4n) is 1.16. The molecule has 10 nitrogen and oxygen atoms in total. The summed E-state index contributed by atoms with van der Waals surface area (Å²) in [4.78, 5) is 62.1. The number of carboxylic acid groups (broad SMARTS) is 2. The first-order valence-corrected chi connectivity index (χ1v) is 7.26. The fraction of sp³-hybridized carbons (Fsp3) is 0.375. The summed E-state index contributed by atoms with van der Waals surface area (Å²) >= 11 is 0. The standard InChI is InChI=1S/2C8H10O5.2Na/c2*1-2-7(11)13-8(12)5-3-4-6(9)10;;/h2*2H,1,3-5H2,(H,9,10);;/q;;2*+1/p-2. The molecule has 0 aromatic carbocycles. The summed E-state index contributed by atoms with van der Waals surface area (Å²) in [5.41, 5.74) is 0. The molecule has 0 aliphatic carbocycles. The van der Waals surface area contributed by atoms with Gasteiger partial charge in [0, 0.05) is 36.9 Å². The summed E-state index contributed by atoms with van der Waals surface area (Å²) in [6.07, 6.45) is 1.24. The predicted octanol–water partition coefficient (Wildman–Crippen LogP) is -7.67. The number of esters is 4. The summed E-state index contributed by atoms with van der Waals surface area (Å²) in [5, 5.41) is 19.8. The van der Waals surface area contributed by atoms with Gasteiger partial charge in [0.05, 0.1) is 0 Å². The smallest absolute Gasteiger partial charge is 0.550 e. The van der Waals surface area contributed by atoms with Gasteiger partial charge in [0.15, 0.2) is 0 Å². The van der Waals surface area contributed by atoms with E-state index in [4.69, 9.17) is 0 Å². The third-order valence-corrected chi connectivity index (χ3v) is 2.29. The molecule has 0 unspecified atom stereocenters. The Morgan fingerprint density at radius 2 is 0.929 bits per heavy atom. The predicted molar refractivity (Wildman–Crippen MR) is 80.3 cm³/mol. The fourth-order valence-corrected chi connectivity index (χ4v) is 1.16. The monoisotopic (exact) mass is 416 g/mol. The van der Waals surface area contributed by atoms with Gasteiger partial charge in [0.25, 0.3) is 0 Å². The second-order valence-corrected chi connectivity index (χ2v) is 4.45. The van der Waals surface area contributed by atoms with Crippen LogP contribution in [-0.2, 0) is 38.2 Å². The Balaban J connectivity index is -0.000000192. The molecule has 0 atom stereocenters. The van der Waals surface area contributed by atoms with Crippen molar-refractivity contribution in [3.63, 3.8) is 0 Å². The van der Waals surface area contributed by atoms with Gasteiger partial charge in [0.1, 0.15) is 0 Å². The number of hydrogen-bond acceptors (Lipinski definition) is 10. The SMILES string of the molecule is C=CC(=O)OC(=O)CCCC(=O)[O-].C=CC(=O)OC(=O)CCCC(=O)[O-].[Na+].[Na+]. The average molecular weight is 416 g/mol. The maximum Gasteiger partial charge on any atom is 1.00 e. The van der Waals surface area contributed by atoms with Crippen LogP contribution in [0, 0.1) is 0 Å². The minimum absolute atomic E-state index is 0. The molecule has 0 rings (SSSR count). The van der Waals surface area contributed by atoms with Crippen molar-refractivity contribution in [1.82, 2.24) is 0 Å². The molecule has 0 radical (unpaired) electrons. The number of rotatable bonds is 10. The van der Waals surface area contributed by atoms with Crippen LogP contribution in [0.5, 0.6) is 0 Å². The van der Waals surface area contributed by atoms with E-state index >= 15 is 0 Å². The maximum absolute atomic E-state index is 10.7. The molecule has 28 heavy (non-hydrogen) atoms. The van der Waals surface area contributed by atoms with Crippen molar-refractivity contribution >= 4 is 35.8 Å². The van der Waals surface area contributed by atoms with Gasteiger partial charge < -0.3 is 29.3 Å². The van der Waals surface area contributed by atoms with Crippen molar-refractivity contribution in [3.8, 4) is 0 Å². The Labute approximate surface area is 205 Å². The summed E-state index contributed by atoms with van der Waals surface area (Å²) in [5.74, 6) is -5.65. The van der Waals surface area contributed by atoms with E-state index in [1.54, 1.807) is 0 Å². The largest absolute Gasteiger partial charge is 1.00 e. The molecule has 144 valence electrons. The molecule has 0 saturated heterocycles. The number of carbonyl (C=O) groups is 6. The summed E-state index contributed by atoms with van der Waals surface area (Å²) in [6.45, 7) is 6.18. The zero-order valence-corrected chi connectivity index (χ0v) is 19.9. The van der Waals surface area contributed by atoms with Crippen LogP contribution in [0.4, 0.5) is 0 Å². The van der Waals surface area contributed by atoms with Crippen molar-refractivity contribution in [2.24, 2.45) is 0 Å². The van der Waals surface area contributed by atoms with Gasteiger partial charge in [-0.3, -0.25) is 9.59 Å². The molecule has 0 bridgehead atoms. The van der Waals surface area contributed by atoms with Gasteiger partial charge in [-0.15, -0.1) is 0 Å². The molecule has 12 heteroatoms. The quantitative estimate of drug-likeness (QED) is 0.144. The minimum Gasteiger partial charge on any atom is -0.550 e. The number of aliphatic carboxylic acids is 2. The van der Waals surface area contributed by atoms with Crippen LogP contribution in [-0.4, -0.2) is 35.8 Å². The second kappa shape index (κ2) is 22.0. The first-order valence-electron chi connectivity index (χ1n) is 7.26. The Morgan fingerprint density at radius 1 is 0.643 bits per heavy atom. The minimum atomic E-state index is -1.23. The van der Waals surface area contributed by atoms with Gasteiger partial charge in [-0.25, -0.2) is 9.59 Å². The Morgan fingerprint density at radius 3 is 1.14 bits per heavy atom. The zero-order valence-electron chi connectivity index (χ0n) is 15.9. The van der Waals surface area contributed by atoms with Crippen molar-refractivity contribution < 1.29 is 108 Å². The van der Waals surface area contributed by atoms with E-state index in [-0.39, 0.29) is 97.6 Å². The third kappa shape index (κ3) is 26.9. The van der Waals surface area contributed by atoms with Crippen LogP contribution in [0.15, 0.2) is 25.3 Å². The Bertz CT molecular complexity index is 522. The summed E-state index contributed by atoms with van der Waals surface area (Å²) in [6, 6.07) is 0. The van der Waals surface area contributed by atoms with Gasteiger partial charge in [-0.05, 0) is 25.7 Å². The van der Waals surface area contributed by atoms with Gasteiger partial charge >= 0.3 is 83.0 Å². The molecule has 0 aliphatic rings. The van der Waals surface area contributed by atoms with E-state index < -0.39 is 35.8 Å². The van der Waals surface area contributed by atoms with E-state index in [1.807, 2.05) is 0 Å². The second-order valence-electron chi connectivity index (χ2n) is 4.45. The maximum atomic E-state index is 10.7. The molecule has 0 saturated carbocycles. The van der Waals surface area contributed by atoms with Gasteiger partial charge in [0.2, 0.25) is 0 Å². The molecule has 0 aromatic rings. The first-order chi connectivity index (χ1) is 12.1. The summed E-state index contributed by atoms with van der Waals surface area (Å²) in [7, 11) is 0. The first kappa shape index (κ1) is 34.2. The molecular weight excluding hydrogens is 398 g/mol. The molecule has 0 heterocycles. The van der Waals surface area contributed by atoms with Crippen molar-refractivity contribution in [3.05, 3.63) is 25.3 Å². The van der Waals surface area contributed by atoms with E-state index in [1.165, 1.54) is 0 Å². The average Bonchev–Trinajstić information content (AvgIpc) is 2.54. The Hall–Kier alpha value is -1.30. The normalized spacial score (nSPS) is 8.29. The molecule has 0 spiro atoms. The molecule has 0 aliphatic heterocycles. The molecule has 0 N–H and O–H groups in total. The van der Waals surface area contributed by atoms with E-state index in [9.17, 15) is 39.0 Å². The zero-order chi connectivity index (χ0) is 20.5. The molecule has 0 fully saturated rings. The topological polar surface area (TPSA) is 167 Å². The van der Waals surface area contributed by atoms with Crippen LogP contribution in [0.3, 0.4) is 0 Å². The van der Waals surface area contributed by atoms with Crippen LogP contribution in [0.1, 0.15) is 38.5 Å². The van der Waals surface area contributed by atoms with Crippen molar-refractivity contribution in [2.45, 2.75) is 38.5 Å². The molecular formula is C16H18Na2O10.